The summed E-state index contributed by atoms with van der Waals surface area (Å²) in [7, 11) is 0. The average molecular weight is 282 g/mol. The lowest BCUT2D eigenvalue weighted by Crippen LogP contribution is -2.57. The summed E-state index contributed by atoms with van der Waals surface area (Å²) in [5.74, 6) is -0.872. The molecule has 5 heteroatoms. The van der Waals surface area contributed by atoms with Gasteiger partial charge in [-0.15, -0.1) is 0 Å². The number of aliphatic carboxylic acids is 1. The van der Waals surface area contributed by atoms with Crippen molar-refractivity contribution in [2.45, 2.75) is 69.9 Å². The van der Waals surface area contributed by atoms with Gasteiger partial charge in [-0.1, -0.05) is 6.42 Å². The summed E-state index contributed by atoms with van der Waals surface area (Å²) in [6, 6.07) is 0.425. The Balaban J connectivity index is 1.90. The number of piperidine rings is 2. The second-order valence-electron chi connectivity index (χ2n) is 6.27. The molecule has 0 aromatic heterocycles. The van der Waals surface area contributed by atoms with Crippen LogP contribution in [0.5, 0.6) is 0 Å². The highest BCUT2D eigenvalue weighted by molar-refractivity contribution is 5.87. The standard InChI is InChI=1S/C15H26N2O3/c1-15(14(19)20)9-3-5-11-17(15)13(18)8-7-12-6-2-4-10-16-12/h12,16H,2-11H2,1H3,(H,19,20). The highest BCUT2D eigenvalue weighted by atomic mass is 16.4. The summed E-state index contributed by atoms with van der Waals surface area (Å²) in [6.07, 6.45) is 7.22. The molecule has 2 rings (SSSR count). The van der Waals surface area contributed by atoms with Crippen LogP contribution in [0.15, 0.2) is 0 Å². The van der Waals surface area contributed by atoms with E-state index < -0.39 is 11.5 Å². The van der Waals surface area contributed by atoms with Crippen molar-refractivity contribution < 1.29 is 14.7 Å². The third kappa shape index (κ3) is 3.32. The third-order valence-electron chi connectivity index (χ3n) is 4.77. The summed E-state index contributed by atoms with van der Waals surface area (Å²) in [4.78, 5) is 25.5. The molecule has 0 bridgehead atoms. The van der Waals surface area contributed by atoms with Crippen LogP contribution in [0.1, 0.15) is 58.3 Å². The number of carbonyl (C=O) groups excluding carboxylic acids is 1. The van der Waals surface area contributed by atoms with Gasteiger partial charge in [0.15, 0.2) is 0 Å². The van der Waals surface area contributed by atoms with E-state index in [1.807, 2.05) is 0 Å². The van der Waals surface area contributed by atoms with Crippen molar-refractivity contribution in [1.29, 1.82) is 0 Å². The average Bonchev–Trinajstić information content (AvgIpc) is 2.46. The van der Waals surface area contributed by atoms with Crippen molar-refractivity contribution in [2.24, 2.45) is 0 Å². The number of nitrogens with one attached hydrogen (secondary N) is 1. The normalized spacial score (nSPS) is 31.1. The van der Waals surface area contributed by atoms with Gasteiger partial charge < -0.3 is 15.3 Å². The lowest BCUT2D eigenvalue weighted by atomic mass is 9.88. The van der Waals surface area contributed by atoms with Crippen molar-refractivity contribution in [3.63, 3.8) is 0 Å². The molecule has 0 radical (unpaired) electrons. The van der Waals surface area contributed by atoms with Gasteiger partial charge >= 0.3 is 5.97 Å². The van der Waals surface area contributed by atoms with Crippen LogP contribution in [-0.4, -0.2) is 46.6 Å². The van der Waals surface area contributed by atoms with Gasteiger partial charge in [0.25, 0.3) is 0 Å². The minimum atomic E-state index is -1.00. The zero-order chi connectivity index (χ0) is 14.6. The molecule has 0 aromatic rings. The molecule has 0 aromatic carbocycles. The van der Waals surface area contributed by atoms with Crippen LogP contribution in [0.4, 0.5) is 0 Å². The van der Waals surface area contributed by atoms with E-state index in [9.17, 15) is 14.7 Å². The Morgan fingerprint density at radius 3 is 2.75 bits per heavy atom. The highest BCUT2D eigenvalue weighted by Gasteiger charge is 2.43. The summed E-state index contributed by atoms with van der Waals surface area (Å²) >= 11 is 0. The molecule has 5 nitrogen and oxygen atoms in total. The van der Waals surface area contributed by atoms with Crippen molar-refractivity contribution in [3.05, 3.63) is 0 Å². The van der Waals surface area contributed by atoms with E-state index in [0.29, 0.717) is 25.4 Å². The van der Waals surface area contributed by atoms with Crippen LogP contribution >= 0.6 is 0 Å². The zero-order valence-corrected chi connectivity index (χ0v) is 12.4. The van der Waals surface area contributed by atoms with E-state index in [0.717, 1.165) is 32.2 Å². The van der Waals surface area contributed by atoms with Gasteiger partial charge in [-0.2, -0.15) is 0 Å². The number of rotatable bonds is 4. The quantitative estimate of drug-likeness (QED) is 0.824. The molecule has 2 N–H and O–H groups in total. The molecule has 0 saturated carbocycles. The fourth-order valence-electron chi connectivity index (χ4n) is 3.35. The Bertz CT molecular complexity index is 366. The monoisotopic (exact) mass is 282 g/mol. The predicted octanol–water partition coefficient (Wildman–Crippen LogP) is 1.76. The minimum Gasteiger partial charge on any atom is -0.480 e. The molecule has 2 fully saturated rings. The molecule has 2 unspecified atom stereocenters. The highest BCUT2D eigenvalue weighted by Crippen LogP contribution is 2.29. The molecular weight excluding hydrogens is 256 g/mol. The Morgan fingerprint density at radius 2 is 2.10 bits per heavy atom. The summed E-state index contributed by atoms with van der Waals surface area (Å²) in [6.45, 7) is 3.31. The fourth-order valence-corrected chi connectivity index (χ4v) is 3.35. The van der Waals surface area contributed by atoms with Gasteiger partial charge in [0.1, 0.15) is 5.54 Å². The number of carbonyl (C=O) groups is 2. The first-order chi connectivity index (χ1) is 9.54. The zero-order valence-electron chi connectivity index (χ0n) is 12.4. The lowest BCUT2D eigenvalue weighted by Gasteiger charge is -2.42. The maximum atomic E-state index is 12.4. The van der Waals surface area contributed by atoms with E-state index >= 15 is 0 Å². The molecule has 114 valence electrons. The van der Waals surface area contributed by atoms with Gasteiger partial charge in [0.2, 0.25) is 5.91 Å². The largest absolute Gasteiger partial charge is 0.480 e. The van der Waals surface area contributed by atoms with Crippen LogP contribution in [0.3, 0.4) is 0 Å². The molecule has 2 aliphatic heterocycles. The number of likely N-dealkylation sites (tertiary alicyclic amines) is 1. The maximum absolute atomic E-state index is 12.4. The summed E-state index contributed by atoms with van der Waals surface area (Å²) in [5.41, 5.74) is -1.00. The number of amides is 1. The molecule has 20 heavy (non-hydrogen) atoms. The Kier molecular flexibility index (Phi) is 5.02. The van der Waals surface area contributed by atoms with Crippen LogP contribution < -0.4 is 5.32 Å². The predicted molar refractivity (Wildman–Crippen MR) is 76.5 cm³/mol. The molecule has 0 spiro atoms. The van der Waals surface area contributed by atoms with Gasteiger partial charge in [-0.25, -0.2) is 4.79 Å². The number of hydrogen-bond donors (Lipinski definition) is 2. The van der Waals surface area contributed by atoms with Crippen LogP contribution in [0.2, 0.25) is 0 Å². The van der Waals surface area contributed by atoms with Gasteiger partial charge in [0, 0.05) is 19.0 Å². The first-order valence-corrected chi connectivity index (χ1v) is 7.81. The molecule has 1 amide bonds. The fraction of sp³-hybridized carbons (Fsp3) is 0.867. The molecule has 2 atom stereocenters. The Morgan fingerprint density at radius 1 is 1.30 bits per heavy atom. The van der Waals surface area contributed by atoms with Crippen LogP contribution in [-0.2, 0) is 9.59 Å². The van der Waals surface area contributed by atoms with Gasteiger partial charge in [0.05, 0.1) is 0 Å². The lowest BCUT2D eigenvalue weighted by molar-refractivity contribution is -0.161. The van der Waals surface area contributed by atoms with E-state index in [1.165, 1.54) is 12.8 Å². The van der Waals surface area contributed by atoms with Crippen molar-refractivity contribution in [1.82, 2.24) is 10.2 Å². The van der Waals surface area contributed by atoms with E-state index in [2.05, 4.69) is 5.32 Å². The molecule has 2 saturated heterocycles. The SMILES string of the molecule is CC1(C(=O)O)CCCCN1C(=O)CCC1CCCCN1. The topological polar surface area (TPSA) is 69.6 Å². The number of carboxylic acids is 1. The Labute approximate surface area is 120 Å². The minimum absolute atomic E-state index is 0.00183. The number of carboxylic acid groups (broad SMARTS) is 1. The van der Waals surface area contributed by atoms with Crippen LogP contribution in [0.25, 0.3) is 0 Å². The number of nitrogens with zero attached hydrogens (tertiary/aromatic N) is 1. The van der Waals surface area contributed by atoms with Gasteiger partial charge in [-0.3, -0.25) is 4.79 Å². The maximum Gasteiger partial charge on any atom is 0.329 e. The molecule has 2 heterocycles. The van der Waals surface area contributed by atoms with E-state index in [1.54, 1.807) is 11.8 Å². The second kappa shape index (κ2) is 6.57. The van der Waals surface area contributed by atoms with Gasteiger partial charge in [-0.05, 0) is 52.0 Å². The van der Waals surface area contributed by atoms with Crippen molar-refractivity contribution in [3.8, 4) is 0 Å². The van der Waals surface area contributed by atoms with E-state index in [4.69, 9.17) is 0 Å². The first-order valence-electron chi connectivity index (χ1n) is 7.81. The smallest absolute Gasteiger partial charge is 0.329 e. The van der Waals surface area contributed by atoms with E-state index in [-0.39, 0.29) is 5.91 Å². The Hall–Kier alpha value is -1.10. The molecule has 2 aliphatic rings. The van der Waals surface area contributed by atoms with Crippen molar-refractivity contribution >= 4 is 11.9 Å². The first kappa shape index (κ1) is 15.3. The van der Waals surface area contributed by atoms with Crippen LogP contribution in [0, 0.1) is 0 Å². The second-order valence-corrected chi connectivity index (χ2v) is 6.27. The molecule has 0 aliphatic carbocycles. The molecular formula is C15H26N2O3. The third-order valence-corrected chi connectivity index (χ3v) is 4.77. The summed E-state index contributed by atoms with van der Waals surface area (Å²) < 4.78 is 0. The summed E-state index contributed by atoms with van der Waals surface area (Å²) in [5, 5.41) is 12.9. The van der Waals surface area contributed by atoms with Crippen molar-refractivity contribution in [2.75, 3.05) is 13.1 Å². The number of hydrogen-bond acceptors (Lipinski definition) is 3.